The van der Waals surface area contributed by atoms with Crippen molar-refractivity contribution in [1.82, 2.24) is 0 Å². The van der Waals surface area contributed by atoms with E-state index in [4.69, 9.17) is 0 Å². The number of methoxy groups -OCH3 is 1. The van der Waals surface area contributed by atoms with Gasteiger partial charge in [-0.2, -0.15) is 0 Å². The number of hydrogen-bond acceptors (Lipinski definition) is 7. The Morgan fingerprint density at radius 3 is 1.83 bits per heavy atom. The number of nitro groups is 3. The van der Waals surface area contributed by atoms with E-state index in [1.807, 2.05) is 0 Å². The van der Waals surface area contributed by atoms with Gasteiger partial charge in [-0.1, -0.05) is 0 Å². The van der Waals surface area contributed by atoms with E-state index in [9.17, 15) is 30.3 Å². The second-order valence-electron chi connectivity index (χ2n) is 3.19. The van der Waals surface area contributed by atoms with Gasteiger partial charge in [0.2, 0.25) is 0 Å². The van der Waals surface area contributed by atoms with Crippen LogP contribution in [0.15, 0.2) is 6.07 Å². The average Bonchev–Trinajstić information content (AvgIpc) is 2.26. The van der Waals surface area contributed by atoms with Gasteiger partial charge in [0.1, 0.15) is 5.56 Å². The summed E-state index contributed by atoms with van der Waals surface area (Å²) < 4.78 is 4.61. The minimum absolute atomic E-state index is 0.299. The molecule has 0 heterocycles. The first-order chi connectivity index (χ1) is 8.31. The molecule has 1 aromatic rings. The molecule has 0 N–H and O–H groups in total. The first-order valence-electron chi connectivity index (χ1n) is 4.46. The van der Waals surface area contributed by atoms with E-state index in [1.165, 1.54) is 0 Å². The second-order valence-corrected chi connectivity index (χ2v) is 3.19. The van der Waals surface area contributed by atoms with Crippen molar-refractivity contribution in [3.05, 3.63) is 42.0 Å². The van der Waals surface area contributed by atoms with Gasteiger partial charge in [-0.25, -0.2) is 0 Å². The van der Waals surface area contributed by atoms with Crippen LogP contribution in [0.5, 0.6) is 5.75 Å². The second kappa shape index (κ2) is 4.61. The molecular weight excluding hydrogens is 250 g/mol. The zero-order valence-corrected chi connectivity index (χ0v) is 9.28. The van der Waals surface area contributed by atoms with Crippen LogP contribution in [-0.2, 0) is 0 Å². The Kier molecular flexibility index (Phi) is 3.40. The quantitative estimate of drug-likeness (QED) is 0.590. The predicted molar refractivity (Wildman–Crippen MR) is 57.7 cm³/mol. The summed E-state index contributed by atoms with van der Waals surface area (Å²) in [5.41, 5.74) is -2.60. The Morgan fingerprint density at radius 1 is 1.00 bits per heavy atom. The summed E-state index contributed by atoms with van der Waals surface area (Å²) in [6.07, 6.45) is 0. The molecule has 0 bridgehead atoms. The summed E-state index contributed by atoms with van der Waals surface area (Å²) in [5.74, 6) is -0.604. The Balaban J connectivity index is 3.81. The highest BCUT2D eigenvalue weighted by Gasteiger charge is 2.35. The fourth-order valence-corrected chi connectivity index (χ4v) is 1.46. The number of rotatable bonds is 4. The molecule has 0 saturated carbocycles. The van der Waals surface area contributed by atoms with E-state index in [0.29, 0.717) is 6.07 Å². The molecule has 0 aliphatic rings. The largest absolute Gasteiger partial charge is 0.485 e. The minimum Gasteiger partial charge on any atom is -0.485 e. The minimum atomic E-state index is -0.974. The van der Waals surface area contributed by atoms with Crippen LogP contribution in [0.4, 0.5) is 17.1 Å². The van der Waals surface area contributed by atoms with E-state index < -0.39 is 37.6 Å². The van der Waals surface area contributed by atoms with Crippen molar-refractivity contribution in [1.29, 1.82) is 0 Å². The van der Waals surface area contributed by atoms with Crippen LogP contribution in [-0.4, -0.2) is 21.9 Å². The predicted octanol–water partition coefficient (Wildman–Crippen LogP) is 1.73. The van der Waals surface area contributed by atoms with Crippen LogP contribution >= 0.6 is 0 Å². The molecule has 0 fully saturated rings. The fourth-order valence-electron chi connectivity index (χ4n) is 1.46. The Labute approximate surface area is 99.2 Å². The molecule has 0 radical (unpaired) electrons. The van der Waals surface area contributed by atoms with Crippen LogP contribution < -0.4 is 4.74 Å². The molecule has 0 aliphatic heterocycles. The summed E-state index contributed by atoms with van der Waals surface area (Å²) in [6, 6.07) is 0.640. The highest BCUT2D eigenvalue weighted by molar-refractivity contribution is 5.70. The molecule has 1 aromatic carbocycles. The standard InChI is InChI=1S/C8H7N3O7/c1-4-5(9(12)13)3-6(10(14)15)8(18-2)7(4)11(16)17/h3H,1-2H3. The highest BCUT2D eigenvalue weighted by atomic mass is 16.6. The third kappa shape index (κ3) is 2.03. The number of ether oxygens (including phenoxy) is 1. The molecule has 0 spiro atoms. The molecule has 18 heavy (non-hydrogen) atoms. The molecular formula is C8H7N3O7. The first kappa shape index (κ1) is 13.3. The van der Waals surface area contributed by atoms with E-state index in [2.05, 4.69) is 4.74 Å². The van der Waals surface area contributed by atoms with Gasteiger partial charge < -0.3 is 4.74 Å². The van der Waals surface area contributed by atoms with Crippen molar-refractivity contribution in [2.45, 2.75) is 6.92 Å². The monoisotopic (exact) mass is 257 g/mol. The van der Waals surface area contributed by atoms with Gasteiger partial charge in [0.05, 0.1) is 27.9 Å². The number of benzene rings is 1. The van der Waals surface area contributed by atoms with Crippen LogP contribution in [0.25, 0.3) is 0 Å². The summed E-state index contributed by atoms with van der Waals surface area (Å²) in [4.78, 5) is 29.4. The zero-order chi connectivity index (χ0) is 14.0. The lowest BCUT2D eigenvalue weighted by atomic mass is 10.1. The lowest BCUT2D eigenvalue weighted by molar-refractivity contribution is -0.405. The molecule has 1 rings (SSSR count). The van der Waals surface area contributed by atoms with Crippen molar-refractivity contribution in [2.75, 3.05) is 7.11 Å². The molecule has 10 heteroatoms. The topological polar surface area (TPSA) is 139 Å². The maximum Gasteiger partial charge on any atom is 0.328 e. The van der Waals surface area contributed by atoms with Gasteiger partial charge in [0.25, 0.3) is 11.4 Å². The van der Waals surface area contributed by atoms with E-state index >= 15 is 0 Å². The molecule has 96 valence electrons. The smallest absolute Gasteiger partial charge is 0.328 e. The van der Waals surface area contributed by atoms with Gasteiger partial charge in [0.15, 0.2) is 0 Å². The zero-order valence-electron chi connectivity index (χ0n) is 9.28. The van der Waals surface area contributed by atoms with Gasteiger partial charge >= 0.3 is 11.4 Å². The lowest BCUT2D eigenvalue weighted by Crippen LogP contribution is -2.04. The van der Waals surface area contributed by atoms with Crippen LogP contribution in [0, 0.1) is 37.3 Å². The van der Waals surface area contributed by atoms with Crippen LogP contribution in [0.2, 0.25) is 0 Å². The fraction of sp³-hybridized carbons (Fsp3) is 0.250. The van der Waals surface area contributed by atoms with E-state index in [-0.39, 0.29) is 5.56 Å². The summed E-state index contributed by atoms with van der Waals surface area (Å²) in [5, 5.41) is 32.2. The number of nitro benzene ring substituents is 3. The molecule has 0 amide bonds. The third-order valence-electron chi connectivity index (χ3n) is 2.24. The van der Waals surface area contributed by atoms with Gasteiger partial charge in [-0.3, -0.25) is 30.3 Å². The maximum absolute atomic E-state index is 10.8. The van der Waals surface area contributed by atoms with Crippen molar-refractivity contribution < 1.29 is 19.5 Å². The van der Waals surface area contributed by atoms with Crippen molar-refractivity contribution in [3.63, 3.8) is 0 Å². The van der Waals surface area contributed by atoms with E-state index in [0.717, 1.165) is 14.0 Å². The normalized spacial score (nSPS) is 9.89. The molecule has 0 saturated heterocycles. The van der Waals surface area contributed by atoms with Gasteiger partial charge in [-0.15, -0.1) is 0 Å². The summed E-state index contributed by atoms with van der Waals surface area (Å²) >= 11 is 0. The van der Waals surface area contributed by atoms with Crippen molar-refractivity contribution in [3.8, 4) is 5.75 Å². The molecule has 0 aromatic heterocycles. The Hall–Kier alpha value is -2.78. The average molecular weight is 257 g/mol. The summed E-state index contributed by atoms with van der Waals surface area (Å²) in [6.45, 7) is 1.13. The molecule has 0 atom stereocenters. The molecule has 0 aliphatic carbocycles. The molecule has 0 unspecified atom stereocenters. The number of nitrogens with zero attached hydrogens (tertiary/aromatic N) is 3. The van der Waals surface area contributed by atoms with Crippen molar-refractivity contribution in [2.24, 2.45) is 0 Å². The first-order valence-corrected chi connectivity index (χ1v) is 4.46. The van der Waals surface area contributed by atoms with Crippen LogP contribution in [0.1, 0.15) is 5.56 Å². The third-order valence-corrected chi connectivity index (χ3v) is 2.24. The van der Waals surface area contributed by atoms with Crippen molar-refractivity contribution >= 4 is 17.1 Å². The lowest BCUT2D eigenvalue weighted by Gasteiger charge is -2.05. The summed E-state index contributed by atoms with van der Waals surface area (Å²) in [7, 11) is 1.01. The van der Waals surface area contributed by atoms with Gasteiger partial charge in [-0.05, 0) is 6.92 Å². The highest BCUT2D eigenvalue weighted by Crippen LogP contribution is 2.43. The van der Waals surface area contributed by atoms with Gasteiger partial charge in [0, 0.05) is 0 Å². The molecule has 10 nitrogen and oxygen atoms in total. The Morgan fingerprint density at radius 2 is 1.50 bits per heavy atom. The van der Waals surface area contributed by atoms with E-state index in [1.54, 1.807) is 0 Å². The SMILES string of the molecule is COc1c([N+](=O)[O-])cc([N+](=O)[O-])c(C)c1[N+](=O)[O-]. The Bertz CT molecular complexity index is 554. The van der Waals surface area contributed by atoms with Crippen LogP contribution in [0.3, 0.4) is 0 Å². The number of hydrogen-bond donors (Lipinski definition) is 0. The maximum atomic E-state index is 10.8.